The Labute approximate surface area is 117 Å². The summed E-state index contributed by atoms with van der Waals surface area (Å²) in [7, 11) is 1.50. The van der Waals surface area contributed by atoms with Crippen LogP contribution in [0.3, 0.4) is 0 Å². The molecule has 1 heterocycles. The lowest BCUT2D eigenvalue weighted by Gasteiger charge is -2.32. The second-order valence-electron chi connectivity index (χ2n) is 4.94. The van der Waals surface area contributed by atoms with Gasteiger partial charge in [-0.3, -0.25) is 4.90 Å². The lowest BCUT2D eigenvalue weighted by Crippen LogP contribution is -2.48. The van der Waals surface area contributed by atoms with Crippen LogP contribution >= 0.6 is 0 Å². The molecule has 0 bridgehead atoms. The van der Waals surface area contributed by atoms with Gasteiger partial charge in [0.05, 0.1) is 7.11 Å². The minimum Gasteiger partial charge on any atom is -0.497 e. The van der Waals surface area contributed by atoms with Crippen LogP contribution in [0.4, 0.5) is 8.78 Å². The molecule has 6 heteroatoms. The van der Waals surface area contributed by atoms with Crippen molar-refractivity contribution in [1.82, 2.24) is 10.2 Å². The van der Waals surface area contributed by atoms with E-state index < -0.39 is 6.61 Å². The van der Waals surface area contributed by atoms with Crippen LogP contribution in [0.5, 0.6) is 11.5 Å². The van der Waals surface area contributed by atoms with Crippen molar-refractivity contribution < 1.29 is 18.3 Å². The maximum atomic E-state index is 12.5. The summed E-state index contributed by atoms with van der Waals surface area (Å²) in [5, 5.41) is 3.35. The summed E-state index contributed by atoms with van der Waals surface area (Å²) in [5.74, 6) is 0.698. The molecule has 1 atom stereocenters. The number of nitrogens with one attached hydrogen (secondary N) is 1. The molecular weight excluding hydrogens is 266 g/mol. The fourth-order valence-corrected chi connectivity index (χ4v) is 2.39. The SMILES string of the molecule is COc1ccc(CN2CCN[C@H](C)C2)c(OC(F)F)c1. The van der Waals surface area contributed by atoms with E-state index in [1.54, 1.807) is 12.1 Å². The molecule has 0 saturated carbocycles. The third kappa shape index (κ3) is 4.05. The van der Waals surface area contributed by atoms with Gasteiger partial charge in [0, 0.05) is 43.9 Å². The number of hydrogen-bond donors (Lipinski definition) is 1. The van der Waals surface area contributed by atoms with E-state index in [0.717, 1.165) is 25.2 Å². The van der Waals surface area contributed by atoms with Crippen LogP contribution in [-0.4, -0.2) is 44.3 Å². The maximum Gasteiger partial charge on any atom is 0.387 e. The molecule has 0 amide bonds. The molecular formula is C14H20F2N2O2. The zero-order chi connectivity index (χ0) is 14.5. The minimum absolute atomic E-state index is 0.186. The van der Waals surface area contributed by atoms with Gasteiger partial charge in [-0.2, -0.15) is 8.78 Å². The van der Waals surface area contributed by atoms with Gasteiger partial charge in [-0.15, -0.1) is 0 Å². The smallest absolute Gasteiger partial charge is 0.387 e. The van der Waals surface area contributed by atoms with Crippen LogP contribution in [-0.2, 0) is 6.54 Å². The van der Waals surface area contributed by atoms with E-state index in [-0.39, 0.29) is 5.75 Å². The van der Waals surface area contributed by atoms with Crippen molar-refractivity contribution in [3.63, 3.8) is 0 Å². The van der Waals surface area contributed by atoms with Crippen LogP contribution in [0.2, 0.25) is 0 Å². The summed E-state index contributed by atoms with van der Waals surface area (Å²) in [6, 6.07) is 5.46. The lowest BCUT2D eigenvalue weighted by atomic mass is 10.1. The Balaban J connectivity index is 2.12. The standard InChI is InChI=1S/C14H20F2N2O2/c1-10-8-18(6-5-17-10)9-11-3-4-12(19-2)7-13(11)20-14(15)16/h3-4,7,10,14,17H,5-6,8-9H2,1-2H3/t10-/m1/s1. The fourth-order valence-electron chi connectivity index (χ4n) is 2.39. The second-order valence-corrected chi connectivity index (χ2v) is 4.94. The topological polar surface area (TPSA) is 33.7 Å². The average molecular weight is 286 g/mol. The molecule has 0 aromatic heterocycles. The first-order valence-corrected chi connectivity index (χ1v) is 6.66. The highest BCUT2D eigenvalue weighted by Gasteiger charge is 2.18. The van der Waals surface area contributed by atoms with Gasteiger partial charge < -0.3 is 14.8 Å². The Morgan fingerprint density at radius 1 is 1.45 bits per heavy atom. The Kier molecular flexibility index (Phi) is 5.14. The molecule has 1 aromatic carbocycles. The van der Waals surface area contributed by atoms with E-state index >= 15 is 0 Å². The summed E-state index contributed by atoms with van der Waals surface area (Å²) < 4.78 is 34.6. The molecule has 112 valence electrons. The van der Waals surface area contributed by atoms with Crippen molar-refractivity contribution in [2.24, 2.45) is 0 Å². The normalized spacial score (nSPS) is 20.1. The molecule has 0 radical (unpaired) electrons. The number of nitrogens with zero attached hydrogens (tertiary/aromatic N) is 1. The molecule has 0 aliphatic carbocycles. The van der Waals surface area contributed by atoms with E-state index in [2.05, 4.69) is 21.9 Å². The molecule has 0 unspecified atom stereocenters. The van der Waals surface area contributed by atoms with E-state index in [9.17, 15) is 8.78 Å². The van der Waals surface area contributed by atoms with Crippen LogP contribution in [0.15, 0.2) is 18.2 Å². The second kappa shape index (κ2) is 6.85. The van der Waals surface area contributed by atoms with Crippen molar-refractivity contribution in [2.75, 3.05) is 26.7 Å². The zero-order valence-corrected chi connectivity index (χ0v) is 11.7. The number of ether oxygens (including phenoxy) is 2. The number of benzene rings is 1. The van der Waals surface area contributed by atoms with Crippen LogP contribution in [0.25, 0.3) is 0 Å². The van der Waals surface area contributed by atoms with Crippen LogP contribution < -0.4 is 14.8 Å². The van der Waals surface area contributed by atoms with Crippen molar-refractivity contribution >= 4 is 0 Å². The molecule has 1 aliphatic rings. The van der Waals surface area contributed by atoms with E-state index in [1.807, 2.05) is 0 Å². The van der Waals surface area contributed by atoms with E-state index in [4.69, 9.17) is 4.74 Å². The van der Waals surface area contributed by atoms with Gasteiger partial charge in [0.25, 0.3) is 0 Å². The summed E-state index contributed by atoms with van der Waals surface area (Å²) in [6.07, 6.45) is 0. The summed E-state index contributed by atoms with van der Waals surface area (Å²) >= 11 is 0. The predicted molar refractivity (Wildman–Crippen MR) is 72.4 cm³/mol. The first kappa shape index (κ1) is 15.0. The van der Waals surface area contributed by atoms with E-state index in [0.29, 0.717) is 18.3 Å². The van der Waals surface area contributed by atoms with E-state index in [1.165, 1.54) is 13.2 Å². The highest BCUT2D eigenvalue weighted by molar-refractivity contribution is 5.40. The molecule has 4 nitrogen and oxygen atoms in total. The zero-order valence-electron chi connectivity index (χ0n) is 11.7. The van der Waals surface area contributed by atoms with Crippen molar-refractivity contribution in [3.8, 4) is 11.5 Å². The van der Waals surface area contributed by atoms with Crippen LogP contribution in [0.1, 0.15) is 12.5 Å². The molecule has 1 saturated heterocycles. The maximum absolute atomic E-state index is 12.5. The molecule has 1 aliphatic heterocycles. The third-order valence-electron chi connectivity index (χ3n) is 3.34. The Bertz CT molecular complexity index is 443. The van der Waals surface area contributed by atoms with Gasteiger partial charge in [0.2, 0.25) is 0 Å². The Hall–Kier alpha value is -1.40. The quantitative estimate of drug-likeness (QED) is 0.898. The van der Waals surface area contributed by atoms with Gasteiger partial charge in [-0.1, -0.05) is 6.07 Å². The third-order valence-corrected chi connectivity index (χ3v) is 3.34. The first-order valence-electron chi connectivity index (χ1n) is 6.66. The van der Waals surface area contributed by atoms with Crippen molar-refractivity contribution in [1.29, 1.82) is 0 Å². The molecule has 1 fully saturated rings. The Morgan fingerprint density at radius 3 is 2.90 bits per heavy atom. The van der Waals surface area contributed by atoms with Gasteiger partial charge in [-0.25, -0.2) is 0 Å². The Morgan fingerprint density at radius 2 is 2.25 bits per heavy atom. The average Bonchev–Trinajstić information content (AvgIpc) is 2.40. The van der Waals surface area contributed by atoms with Crippen LogP contribution in [0, 0.1) is 0 Å². The summed E-state index contributed by atoms with van der Waals surface area (Å²) in [5.41, 5.74) is 0.750. The van der Waals surface area contributed by atoms with Crippen molar-refractivity contribution in [2.45, 2.75) is 26.1 Å². The number of alkyl halides is 2. The fraction of sp³-hybridized carbons (Fsp3) is 0.571. The van der Waals surface area contributed by atoms with Gasteiger partial charge >= 0.3 is 6.61 Å². The summed E-state index contributed by atoms with van der Waals surface area (Å²) in [6.45, 7) is 2.56. The van der Waals surface area contributed by atoms with Gasteiger partial charge in [0.15, 0.2) is 0 Å². The molecule has 2 rings (SSSR count). The number of hydrogen-bond acceptors (Lipinski definition) is 4. The lowest BCUT2D eigenvalue weighted by molar-refractivity contribution is -0.0509. The number of methoxy groups -OCH3 is 1. The molecule has 1 N–H and O–H groups in total. The van der Waals surface area contributed by atoms with Gasteiger partial charge in [0.1, 0.15) is 11.5 Å². The minimum atomic E-state index is -2.83. The first-order chi connectivity index (χ1) is 9.58. The van der Waals surface area contributed by atoms with Crippen molar-refractivity contribution in [3.05, 3.63) is 23.8 Å². The largest absolute Gasteiger partial charge is 0.497 e. The predicted octanol–water partition coefficient (Wildman–Crippen LogP) is 2.09. The van der Waals surface area contributed by atoms with Gasteiger partial charge in [-0.05, 0) is 13.0 Å². The number of halogens is 2. The monoisotopic (exact) mass is 286 g/mol. The molecule has 1 aromatic rings. The molecule has 0 spiro atoms. The number of rotatable bonds is 5. The highest BCUT2D eigenvalue weighted by atomic mass is 19.3. The highest BCUT2D eigenvalue weighted by Crippen LogP contribution is 2.27. The molecule has 20 heavy (non-hydrogen) atoms. The number of piperazine rings is 1. The summed E-state index contributed by atoms with van der Waals surface area (Å²) in [4.78, 5) is 2.22.